The normalized spacial score (nSPS) is 9.88. The fraction of sp³-hybridized carbons (Fsp3) is 0.667. The fourth-order valence-electron chi connectivity index (χ4n) is 0.263. The van der Waals surface area contributed by atoms with Gasteiger partial charge in [-0.3, -0.25) is 0 Å². The third kappa shape index (κ3) is 5.89. The van der Waals surface area contributed by atoms with Crippen molar-refractivity contribution < 1.29 is 5.11 Å². The van der Waals surface area contributed by atoms with Gasteiger partial charge in [0.05, 0.1) is 11.5 Å². The number of hydrogen-bond donors (Lipinski definition) is 1. The van der Waals surface area contributed by atoms with Gasteiger partial charge in [-0.25, -0.2) is 0 Å². The summed E-state index contributed by atoms with van der Waals surface area (Å²) in [6.45, 7) is 7.54. The molecular weight excluding hydrogens is 120 g/mol. The Labute approximate surface area is 54.8 Å². The van der Waals surface area contributed by atoms with Gasteiger partial charge in [0.25, 0.3) is 0 Å². The van der Waals surface area contributed by atoms with Gasteiger partial charge in [0.2, 0.25) is 0 Å². The van der Waals surface area contributed by atoms with Crippen LogP contribution in [0.3, 0.4) is 0 Å². The Kier molecular flexibility index (Phi) is 3.79. The third-order valence-corrected chi connectivity index (χ3v) is 1.75. The van der Waals surface area contributed by atoms with Crippen LogP contribution in [0, 0.1) is 0 Å². The van der Waals surface area contributed by atoms with Crippen LogP contribution in [0.2, 0.25) is 0 Å². The smallest absolute Gasteiger partial charge is 0.0950 e. The van der Waals surface area contributed by atoms with E-state index in [1.54, 1.807) is 11.8 Å². The molecule has 0 amide bonds. The minimum absolute atomic E-state index is 0.267. The lowest BCUT2D eigenvalue weighted by Gasteiger charge is -2.00. The highest BCUT2D eigenvalue weighted by atomic mass is 32.2. The molecule has 0 unspecified atom stereocenters. The highest BCUT2D eigenvalue weighted by Gasteiger charge is 1.93. The molecule has 2 heteroatoms. The van der Waals surface area contributed by atoms with Crippen molar-refractivity contribution in [1.29, 1.82) is 0 Å². The van der Waals surface area contributed by atoms with Crippen molar-refractivity contribution >= 4 is 11.8 Å². The third-order valence-electron chi connectivity index (χ3n) is 0.583. The number of hydrogen-bond acceptors (Lipinski definition) is 2. The van der Waals surface area contributed by atoms with Crippen molar-refractivity contribution in [2.75, 3.05) is 5.75 Å². The molecule has 0 rings (SSSR count). The quantitative estimate of drug-likeness (QED) is 0.594. The van der Waals surface area contributed by atoms with E-state index in [1.807, 2.05) is 0 Å². The Morgan fingerprint density at radius 3 is 2.38 bits per heavy atom. The van der Waals surface area contributed by atoms with Crippen LogP contribution in [0.4, 0.5) is 0 Å². The van der Waals surface area contributed by atoms with Crippen molar-refractivity contribution in [1.82, 2.24) is 0 Å². The standard InChI is InChI=1S/C6H12OS/c1-5(2)8-4-6(3)7/h5,7H,3-4H2,1-2H3. The van der Waals surface area contributed by atoms with E-state index in [0.717, 1.165) is 0 Å². The predicted octanol–water partition coefficient (Wildman–Crippen LogP) is 2.20. The molecule has 0 radical (unpaired) electrons. The number of aliphatic hydroxyl groups excluding tert-OH is 1. The lowest BCUT2D eigenvalue weighted by atomic mass is 10.6. The lowest BCUT2D eigenvalue weighted by Crippen LogP contribution is -1.90. The van der Waals surface area contributed by atoms with Gasteiger partial charge in [-0.15, -0.1) is 0 Å². The maximum Gasteiger partial charge on any atom is 0.0950 e. The monoisotopic (exact) mass is 132 g/mol. The zero-order valence-electron chi connectivity index (χ0n) is 5.35. The molecule has 0 aromatic carbocycles. The Hall–Kier alpha value is -0.110. The molecule has 0 saturated heterocycles. The number of aliphatic hydroxyl groups is 1. The first-order chi connectivity index (χ1) is 3.63. The number of rotatable bonds is 3. The van der Waals surface area contributed by atoms with Gasteiger partial charge in [0, 0.05) is 0 Å². The van der Waals surface area contributed by atoms with E-state index in [2.05, 4.69) is 20.4 Å². The molecular formula is C6H12OS. The van der Waals surface area contributed by atoms with Crippen LogP contribution in [-0.4, -0.2) is 16.1 Å². The molecule has 1 N–H and O–H groups in total. The van der Waals surface area contributed by atoms with Gasteiger partial charge in [-0.1, -0.05) is 20.4 Å². The summed E-state index contributed by atoms with van der Waals surface area (Å²) in [6, 6.07) is 0. The zero-order chi connectivity index (χ0) is 6.57. The van der Waals surface area contributed by atoms with Crippen LogP contribution in [0.15, 0.2) is 12.3 Å². The Morgan fingerprint density at radius 1 is 1.75 bits per heavy atom. The summed E-state index contributed by atoms with van der Waals surface area (Å²) < 4.78 is 0. The van der Waals surface area contributed by atoms with E-state index in [1.165, 1.54) is 0 Å². The molecule has 0 bridgehead atoms. The second kappa shape index (κ2) is 3.84. The average Bonchev–Trinajstić information content (AvgIpc) is 1.61. The summed E-state index contributed by atoms with van der Waals surface area (Å²) in [5, 5.41) is 9.17. The summed E-state index contributed by atoms with van der Waals surface area (Å²) in [5.74, 6) is 0.932. The van der Waals surface area contributed by atoms with Gasteiger partial charge < -0.3 is 5.11 Å². The van der Waals surface area contributed by atoms with Crippen LogP contribution < -0.4 is 0 Å². The topological polar surface area (TPSA) is 20.2 Å². The number of thioether (sulfide) groups is 1. The molecule has 0 heterocycles. The molecule has 0 aromatic rings. The largest absolute Gasteiger partial charge is 0.512 e. The van der Waals surface area contributed by atoms with E-state index in [9.17, 15) is 0 Å². The van der Waals surface area contributed by atoms with Gasteiger partial charge in [-0.2, -0.15) is 11.8 Å². The van der Waals surface area contributed by atoms with Gasteiger partial charge in [-0.05, 0) is 5.25 Å². The SMILES string of the molecule is C=C(O)CSC(C)C. The first kappa shape index (κ1) is 7.89. The zero-order valence-corrected chi connectivity index (χ0v) is 6.16. The summed E-state index contributed by atoms with van der Waals surface area (Å²) in [4.78, 5) is 0. The molecule has 0 atom stereocenters. The van der Waals surface area contributed by atoms with Crippen LogP contribution in [0.25, 0.3) is 0 Å². The van der Waals surface area contributed by atoms with Crippen LogP contribution in [0.1, 0.15) is 13.8 Å². The molecule has 1 nitrogen and oxygen atoms in total. The highest BCUT2D eigenvalue weighted by molar-refractivity contribution is 8.00. The molecule has 0 fully saturated rings. The van der Waals surface area contributed by atoms with Crippen molar-refractivity contribution in [3.05, 3.63) is 12.3 Å². The van der Waals surface area contributed by atoms with E-state index >= 15 is 0 Å². The fourth-order valence-corrected chi connectivity index (χ4v) is 0.789. The van der Waals surface area contributed by atoms with Crippen molar-refractivity contribution in [2.45, 2.75) is 19.1 Å². The summed E-state index contributed by atoms with van der Waals surface area (Å²) >= 11 is 1.69. The summed E-state index contributed by atoms with van der Waals surface area (Å²) in [5.41, 5.74) is 0. The van der Waals surface area contributed by atoms with Gasteiger partial charge >= 0.3 is 0 Å². The Balaban J connectivity index is 3.05. The van der Waals surface area contributed by atoms with E-state index in [4.69, 9.17) is 5.11 Å². The van der Waals surface area contributed by atoms with Crippen molar-refractivity contribution in [2.24, 2.45) is 0 Å². The molecule has 0 aromatic heterocycles. The molecule has 0 aliphatic heterocycles. The predicted molar refractivity (Wildman–Crippen MR) is 39.4 cm³/mol. The molecule has 0 saturated carbocycles. The van der Waals surface area contributed by atoms with E-state index in [0.29, 0.717) is 11.0 Å². The minimum Gasteiger partial charge on any atom is -0.512 e. The maximum atomic E-state index is 8.59. The van der Waals surface area contributed by atoms with Crippen molar-refractivity contribution in [3.8, 4) is 0 Å². The maximum absolute atomic E-state index is 8.59. The lowest BCUT2D eigenvalue weighted by molar-refractivity contribution is 0.420. The first-order valence-electron chi connectivity index (χ1n) is 2.61. The van der Waals surface area contributed by atoms with E-state index < -0.39 is 0 Å². The summed E-state index contributed by atoms with van der Waals surface area (Å²) in [6.07, 6.45) is 0. The van der Waals surface area contributed by atoms with Crippen LogP contribution in [0.5, 0.6) is 0 Å². The molecule has 0 aliphatic carbocycles. The van der Waals surface area contributed by atoms with Crippen LogP contribution in [-0.2, 0) is 0 Å². The summed E-state index contributed by atoms with van der Waals surface area (Å²) in [7, 11) is 0. The minimum atomic E-state index is 0.267. The highest BCUT2D eigenvalue weighted by Crippen LogP contribution is 2.10. The molecule has 48 valence electrons. The Morgan fingerprint density at radius 2 is 2.25 bits per heavy atom. The van der Waals surface area contributed by atoms with Crippen molar-refractivity contribution in [3.63, 3.8) is 0 Å². The Bertz CT molecular complexity index is 78.6. The molecule has 8 heavy (non-hydrogen) atoms. The average molecular weight is 132 g/mol. The second-order valence-corrected chi connectivity index (χ2v) is 3.49. The van der Waals surface area contributed by atoms with E-state index in [-0.39, 0.29) is 5.76 Å². The first-order valence-corrected chi connectivity index (χ1v) is 3.66. The van der Waals surface area contributed by atoms with Gasteiger partial charge in [0.1, 0.15) is 0 Å². The van der Waals surface area contributed by atoms with Gasteiger partial charge in [0.15, 0.2) is 0 Å². The van der Waals surface area contributed by atoms with Crippen LogP contribution >= 0.6 is 11.8 Å². The molecule has 0 aliphatic rings. The molecule has 0 spiro atoms. The second-order valence-electron chi connectivity index (χ2n) is 1.93.